The van der Waals surface area contributed by atoms with Crippen LogP contribution in [-0.4, -0.2) is 37.0 Å². The molecule has 1 aliphatic heterocycles. The molecule has 25 heavy (non-hydrogen) atoms. The lowest BCUT2D eigenvalue weighted by molar-refractivity contribution is -0.123. The van der Waals surface area contributed by atoms with E-state index in [2.05, 4.69) is 27.0 Å². The lowest BCUT2D eigenvalue weighted by Crippen LogP contribution is -2.41. The van der Waals surface area contributed by atoms with Crippen molar-refractivity contribution in [3.05, 3.63) is 52.5 Å². The molecule has 6 heteroatoms. The van der Waals surface area contributed by atoms with Crippen LogP contribution in [0.2, 0.25) is 0 Å². The lowest BCUT2D eigenvalue weighted by atomic mass is 10.0. The minimum absolute atomic E-state index is 0.100. The number of piperidine rings is 1. The Morgan fingerprint density at radius 1 is 1.24 bits per heavy atom. The third-order valence-corrected chi connectivity index (χ3v) is 5.15. The largest absolute Gasteiger partial charge is 0.481 e. The Morgan fingerprint density at radius 3 is 2.76 bits per heavy atom. The first-order chi connectivity index (χ1) is 12.2. The van der Waals surface area contributed by atoms with Gasteiger partial charge in [-0.1, -0.05) is 18.6 Å². The highest BCUT2D eigenvalue weighted by atomic mass is 32.1. The monoisotopic (exact) mass is 362 g/mol. The number of amides is 1. The van der Waals surface area contributed by atoms with Crippen LogP contribution < -0.4 is 10.1 Å². The van der Waals surface area contributed by atoms with Crippen LogP contribution >= 0.6 is 11.3 Å². The summed E-state index contributed by atoms with van der Waals surface area (Å²) in [6, 6.07) is 8.40. The second-order valence-electron chi connectivity index (χ2n) is 6.19. The number of benzene rings is 1. The van der Waals surface area contributed by atoms with Crippen LogP contribution in [-0.2, 0) is 4.79 Å². The van der Waals surface area contributed by atoms with Gasteiger partial charge in [0, 0.05) is 6.54 Å². The first-order valence-electron chi connectivity index (χ1n) is 8.64. The average molecular weight is 362 g/mol. The van der Waals surface area contributed by atoms with Crippen LogP contribution in [0.3, 0.4) is 0 Å². The maximum absolute atomic E-state index is 13.5. The van der Waals surface area contributed by atoms with Crippen molar-refractivity contribution in [1.29, 1.82) is 0 Å². The predicted molar refractivity (Wildman–Crippen MR) is 97.4 cm³/mol. The maximum Gasteiger partial charge on any atom is 0.258 e. The summed E-state index contributed by atoms with van der Waals surface area (Å²) in [5, 5.41) is 7.14. The van der Waals surface area contributed by atoms with E-state index in [9.17, 15) is 9.18 Å². The van der Waals surface area contributed by atoms with Crippen LogP contribution in [0.4, 0.5) is 4.39 Å². The van der Waals surface area contributed by atoms with Crippen molar-refractivity contribution in [3.63, 3.8) is 0 Å². The number of rotatable bonds is 7. The van der Waals surface area contributed by atoms with Gasteiger partial charge < -0.3 is 10.1 Å². The van der Waals surface area contributed by atoms with Gasteiger partial charge in [-0.05, 0) is 60.5 Å². The minimum atomic E-state index is -0.459. The highest BCUT2D eigenvalue weighted by Gasteiger charge is 2.23. The van der Waals surface area contributed by atoms with Gasteiger partial charge in [0.2, 0.25) is 0 Å². The molecular formula is C19H23FN2O2S. The van der Waals surface area contributed by atoms with E-state index in [4.69, 9.17) is 4.74 Å². The van der Waals surface area contributed by atoms with E-state index in [1.165, 1.54) is 37.0 Å². The zero-order valence-corrected chi connectivity index (χ0v) is 14.9. The number of hydrogen-bond donors (Lipinski definition) is 1. The molecule has 4 nitrogen and oxygen atoms in total. The Balaban J connectivity index is 1.53. The SMILES string of the molecule is O=C(COc1ccccc1F)NCC(c1ccsc1)N1CCCCC1. The molecule has 0 aliphatic carbocycles. The second kappa shape index (κ2) is 8.97. The molecule has 0 saturated carbocycles. The zero-order chi connectivity index (χ0) is 17.5. The van der Waals surface area contributed by atoms with E-state index in [1.54, 1.807) is 23.5 Å². The van der Waals surface area contributed by atoms with Gasteiger partial charge in [0.1, 0.15) is 0 Å². The molecule has 0 bridgehead atoms. The topological polar surface area (TPSA) is 41.6 Å². The van der Waals surface area contributed by atoms with Crippen molar-refractivity contribution in [2.45, 2.75) is 25.3 Å². The number of ether oxygens (including phenoxy) is 1. The molecular weight excluding hydrogens is 339 g/mol. The summed E-state index contributed by atoms with van der Waals surface area (Å²) in [4.78, 5) is 14.5. The Bertz CT molecular complexity index is 672. The Labute approximate surface area is 151 Å². The molecule has 2 aromatic rings. The molecule has 1 amide bonds. The number of likely N-dealkylation sites (tertiary alicyclic amines) is 1. The molecule has 1 aromatic carbocycles. The number of para-hydroxylation sites is 1. The van der Waals surface area contributed by atoms with Gasteiger partial charge in [0.15, 0.2) is 18.2 Å². The standard InChI is InChI=1S/C19H23FN2O2S/c20-16-6-2-3-7-18(16)24-13-19(23)21-12-17(15-8-11-25-14-15)22-9-4-1-5-10-22/h2-3,6-8,11,14,17H,1,4-5,9-10,12-13H2,(H,21,23). The van der Waals surface area contributed by atoms with Gasteiger partial charge in [0.05, 0.1) is 6.04 Å². The molecule has 2 heterocycles. The van der Waals surface area contributed by atoms with Crippen LogP contribution in [0.1, 0.15) is 30.9 Å². The number of thiophene rings is 1. The van der Waals surface area contributed by atoms with Gasteiger partial charge >= 0.3 is 0 Å². The maximum atomic E-state index is 13.5. The summed E-state index contributed by atoms with van der Waals surface area (Å²) < 4.78 is 18.8. The van der Waals surface area contributed by atoms with E-state index >= 15 is 0 Å². The number of hydrogen-bond acceptors (Lipinski definition) is 4. The fourth-order valence-corrected chi connectivity index (χ4v) is 3.83. The molecule has 134 valence electrons. The summed E-state index contributed by atoms with van der Waals surface area (Å²) >= 11 is 1.67. The fraction of sp³-hybridized carbons (Fsp3) is 0.421. The normalized spacial score (nSPS) is 16.4. The van der Waals surface area contributed by atoms with Crippen molar-refractivity contribution in [2.24, 2.45) is 0 Å². The van der Waals surface area contributed by atoms with Crippen LogP contribution in [0.25, 0.3) is 0 Å². The summed E-state index contributed by atoms with van der Waals surface area (Å²) in [6.45, 7) is 2.47. The summed E-state index contributed by atoms with van der Waals surface area (Å²) in [5.74, 6) is -0.594. The highest BCUT2D eigenvalue weighted by molar-refractivity contribution is 7.07. The number of nitrogens with one attached hydrogen (secondary N) is 1. The van der Waals surface area contributed by atoms with Crippen molar-refractivity contribution in [3.8, 4) is 5.75 Å². The number of carbonyl (C=O) groups is 1. The van der Waals surface area contributed by atoms with E-state index in [1.807, 2.05) is 0 Å². The molecule has 1 fully saturated rings. The fourth-order valence-electron chi connectivity index (χ4n) is 3.12. The van der Waals surface area contributed by atoms with E-state index < -0.39 is 5.82 Å². The number of halogens is 1. The molecule has 1 aliphatic rings. The van der Waals surface area contributed by atoms with Crippen molar-refractivity contribution in [1.82, 2.24) is 10.2 Å². The molecule has 1 N–H and O–H groups in total. The molecule has 1 saturated heterocycles. The third kappa shape index (κ3) is 5.03. The number of carbonyl (C=O) groups excluding carboxylic acids is 1. The van der Waals surface area contributed by atoms with Gasteiger partial charge in [-0.2, -0.15) is 11.3 Å². The predicted octanol–water partition coefficient (Wildman–Crippen LogP) is 3.61. The van der Waals surface area contributed by atoms with Crippen molar-refractivity contribution < 1.29 is 13.9 Å². The van der Waals surface area contributed by atoms with Crippen molar-refractivity contribution >= 4 is 17.2 Å². The van der Waals surface area contributed by atoms with Crippen molar-refractivity contribution in [2.75, 3.05) is 26.2 Å². The molecule has 3 rings (SSSR count). The summed E-state index contributed by atoms with van der Waals surface area (Å²) in [6.07, 6.45) is 3.67. The van der Waals surface area contributed by atoms with Gasteiger partial charge in [-0.25, -0.2) is 4.39 Å². The van der Waals surface area contributed by atoms with E-state index in [0.717, 1.165) is 13.1 Å². The smallest absolute Gasteiger partial charge is 0.258 e. The summed E-state index contributed by atoms with van der Waals surface area (Å²) in [5.41, 5.74) is 1.24. The van der Waals surface area contributed by atoms with Gasteiger partial charge in [-0.3, -0.25) is 9.69 Å². The molecule has 0 radical (unpaired) electrons. The quantitative estimate of drug-likeness (QED) is 0.818. The Morgan fingerprint density at radius 2 is 2.04 bits per heavy atom. The van der Waals surface area contributed by atoms with Gasteiger partial charge in [-0.15, -0.1) is 0 Å². The molecule has 0 spiro atoms. The van der Waals surface area contributed by atoms with Crippen LogP contribution in [0, 0.1) is 5.82 Å². The van der Waals surface area contributed by atoms with Crippen LogP contribution in [0.15, 0.2) is 41.1 Å². The highest BCUT2D eigenvalue weighted by Crippen LogP contribution is 2.25. The minimum Gasteiger partial charge on any atom is -0.481 e. The Kier molecular flexibility index (Phi) is 6.42. The van der Waals surface area contributed by atoms with E-state index in [-0.39, 0.29) is 24.3 Å². The van der Waals surface area contributed by atoms with E-state index in [0.29, 0.717) is 6.54 Å². The van der Waals surface area contributed by atoms with Crippen LogP contribution in [0.5, 0.6) is 5.75 Å². The zero-order valence-electron chi connectivity index (χ0n) is 14.1. The molecule has 1 atom stereocenters. The third-order valence-electron chi connectivity index (χ3n) is 4.45. The molecule has 1 unspecified atom stereocenters. The average Bonchev–Trinajstić information content (AvgIpc) is 3.16. The first kappa shape index (κ1) is 17.9. The molecule has 1 aromatic heterocycles. The van der Waals surface area contributed by atoms with Gasteiger partial charge in [0.25, 0.3) is 5.91 Å². The Hall–Kier alpha value is -1.92. The first-order valence-corrected chi connectivity index (χ1v) is 9.58. The lowest BCUT2D eigenvalue weighted by Gasteiger charge is -2.34. The second-order valence-corrected chi connectivity index (χ2v) is 6.97. The summed E-state index contributed by atoms with van der Waals surface area (Å²) in [7, 11) is 0. The number of nitrogens with zero attached hydrogens (tertiary/aromatic N) is 1.